The van der Waals surface area contributed by atoms with Crippen molar-refractivity contribution in [2.45, 2.75) is 26.2 Å². The number of hydrogen-bond acceptors (Lipinski definition) is 3. The normalized spacial score (nSPS) is 19.8. The molecule has 100 valence electrons. The molecule has 1 aliphatic rings. The Morgan fingerprint density at radius 1 is 1.56 bits per heavy atom. The highest BCUT2D eigenvalue weighted by molar-refractivity contribution is 6.32. The molecule has 0 bridgehead atoms. The second-order valence-electron chi connectivity index (χ2n) is 4.95. The molecule has 1 heterocycles. The molecule has 1 fully saturated rings. The second kappa shape index (κ2) is 5.81. The Balaban J connectivity index is 2.26. The summed E-state index contributed by atoms with van der Waals surface area (Å²) in [5.41, 5.74) is 1.99. The second-order valence-corrected chi connectivity index (χ2v) is 5.36. The number of halogens is 1. The van der Waals surface area contributed by atoms with Crippen LogP contribution in [-0.2, 0) is 6.42 Å². The maximum absolute atomic E-state index is 10.3. The fraction of sp³-hybridized carbons (Fsp3) is 0.571. The molecule has 1 atom stereocenters. The van der Waals surface area contributed by atoms with Gasteiger partial charge in [-0.3, -0.25) is 0 Å². The van der Waals surface area contributed by atoms with Crippen molar-refractivity contribution in [1.29, 1.82) is 0 Å². The Hall–Kier alpha value is -0.930. The van der Waals surface area contributed by atoms with Crippen LogP contribution in [0.1, 0.15) is 24.0 Å². The fourth-order valence-corrected chi connectivity index (χ4v) is 2.95. The molecule has 0 aliphatic carbocycles. The lowest BCUT2D eigenvalue weighted by atomic mass is 9.90. The van der Waals surface area contributed by atoms with Gasteiger partial charge < -0.3 is 15.2 Å². The van der Waals surface area contributed by atoms with E-state index in [1.165, 1.54) is 20.0 Å². The van der Waals surface area contributed by atoms with Crippen molar-refractivity contribution in [3.8, 4) is 11.5 Å². The van der Waals surface area contributed by atoms with Crippen molar-refractivity contribution in [2.24, 2.45) is 5.92 Å². The maximum Gasteiger partial charge on any atom is 0.179 e. The number of phenolic OH excluding ortho intramolecular Hbond substituents is 1. The lowest BCUT2D eigenvalue weighted by molar-refractivity contribution is 0.353. The van der Waals surface area contributed by atoms with E-state index in [1.54, 1.807) is 0 Å². The molecule has 0 saturated carbocycles. The molecule has 18 heavy (non-hydrogen) atoms. The molecule has 2 N–H and O–H groups in total. The molecule has 0 amide bonds. The minimum atomic E-state index is 0.202. The van der Waals surface area contributed by atoms with Gasteiger partial charge >= 0.3 is 0 Å². The number of methoxy groups -OCH3 is 1. The summed E-state index contributed by atoms with van der Waals surface area (Å²) in [6.07, 6.45) is 3.28. The maximum atomic E-state index is 10.3. The summed E-state index contributed by atoms with van der Waals surface area (Å²) in [6, 6.07) is 1.87. The van der Waals surface area contributed by atoms with Gasteiger partial charge in [0.2, 0.25) is 0 Å². The van der Waals surface area contributed by atoms with Crippen LogP contribution in [0.15, 0.2) is 6.07 Å². The zero-order valence-electron chi connectivity index (χ0n) is 10.9. The lowest BCUT2D eigenvalue weighted by Crippen LogP contribution is -2.31. The van der Waals surface area contributed by atoms with Gasteiger partial charge in [0, 0.05) is 5.56 Å². The van der Waals surface area contributed by atoms with Crippen LogP contribution in [0.3, 0.4) is 0 Å². The Morgan fingerprint density at radius 2 is 2.33 bits per heavy atom. The molecule has 1 saturated heterocycles. The lowest BCUT2D eigenvalue weighted by Gasteiger charge is -2.24. The van der Waals surface area contributed by atoms with Crippen molar-refractivity contribution in [3.05, 3.63) is 22.2 Å². The monoisotopic (exact) mass is 269 g/mol. The smallest absolute Gasteiger partial charge is 0.179 e. The first-order valence-electron chi connectivity index (χ1n) is 6.39. The van der Waals surface area contributed by atoms with Gasteiger partial charge in [-0.05, 0) is 56.8 Å². The third-order valence-corrected chi connectivity index (χ3v) is 3.91. The van der Waals surface area contributed by atoms with Gasteiger partial charge in [0.1, 0.15) is 0 Å². The van der Waals surface area contributed by atoms with Crippen molar-refractivity contribution >= 4 is 11.6 Å². The van der Waals surface area contributed by atoms with Crippen molar-refractivity contribution in [3.63, 3.8) is 0 Å². The predicted octanol–water partition coefficient (Wildman–Crippen LogP) is 2.90. The summed E-state index contributed by atoms with van der Waals surface area (Å²) in [7, 11) is 1.53. The zero-order chi connectivity index (χ0) is 13.1. The summed E-state index contributed by atoms with van der Waals surface area (Å²) < 4.78 is 5.16. The summed E-state index contributed by atoms with van der Waals surface area (Å²) >= 11 is 6.05. The van der Waals surface area contributed by atoms with Gasteiger partial charge in [0.25, 0.3) is 0 Å². The number of ether oxygens (including phenoxy) is 1. The van der Waals surface area contributed by atoms with E-state index < -0.39 is 0 Å². The van der Waals surface area contributed by atoms with E-state index >= 15 is 0 Å². The highest BCUT2D eigenvalue weighted by atomic mass is 35.5. The molecule has 4 heteroatoms. The van der Waals surface area contributed by atoms with Crippen molar-refractivity contribution < 1.29 is 9.84 Å². The average Bonchev–Trinajstić information content (AvgIpc) is 2.36. The summed E-state index contributed by atoms with van der Waals surface area (Å²) in [5, 5.41) is 14.1. The van der Waals surface area contributed by atoms with E-state index in [4.69, 9.17) is 16.3 Å². The zero-order valence-corrected chi connectivity index (χ0v) is 11.7. The van der Waals surface area contributed by atoms with Crippen LogP contribution < -0.4 is 10.1 Å². The van der Waals surface area contributed by atoms with E-state index in [1.807, 2.05) is 13.0 Å². The summed E-state index contributed by atoms with van der Waals surface area (Å²) in [4.78, 5) is 0. The fourth-order valence-electron chi connectivity index (χ4n) is 2.62. The molecule has 1 aliphatic heterocycles. The molecule has 0 radical (unpaired) electrons. The van der Waals surface area contributed by atoms with Gasteiger partial charge in [-0.15, -0.1) is 0 Å². The quantitative estimate of drug-likeness (QED) is 0.887. The largest absolute Gasteiger partial charge is 0.504 e. The first-order chi connectivity index (χ1) is 8.63. The van der Waals surface area contributed by atoms with Crippen LogP contribution in [0, 0.1) is 12.8 Å². The topological polar surface area (TPSA) is 41.5 Å². The molecule has 3 nitrogen and oxygen atoms in total. The Bertz CT molecular complexity index is 428. The number of nitrogens with one attached hydrogen (secondary N) is 1. The van der Waals surface area contributed by atoms with Gasteiger partial charge in [-0.2, -0.15) is 0 Å². The molecule has 1 aromatic rings. The molecule has 2 rings (SSSR count). The van der Waals surface area contributed by atoms with Crippen LogP contribution >= 0.6 is 11.6 Å². The molecule has 1 aromatic carbocycles. The van der Waals surface area contributed by atoms with Gasteiger partial charge in [0.15, 0.2) is 11.5 Å². The van der Waals surface area contributed by atoms with Gasteiger partial charge in [0.05, 0.1) is 12.1 Å². The highest BCUT2D eigenvalue weighted by Crippen LogP contribution is 2.40. The molecule has 1 unspecified atom stereocenters. The highest BCUT2D eigenvalue weighted by Gasteiger charge is 2.20. The number of phenols is 1. The predicted molar refractivity (Wildman–Crippen MR) is 73.7 cm³/mol. The Morgan fingerprint density at radius 3 is 2.94 bits per heavy atom. The van der Waals surface area contributed by atoms with Crippen LogP contribution in [0.2, 0.25) is 5.02 Å². The molecular weight excluding hydrogens is 250 g/mol. The minimum Gasteiger partial charge on any atom is -0.504 e. The number of piperidine rings is 1. The summed E-state index contributed by atoms with van der Waals surface area (Å²) in [5.74, 6) is 1.17. The first-order valence-corrected chi connectivity index (χ1v) is 6.77. The number of aryl methyl sites for hydroxylation is 1. The van der Waals surface area contributed by atoms with E-state index in [2.05, 4.69) is 5.32 Å². The number of rotatable bonds is 3. The van der Waals surface area contributed by atoms with Crippen LogP contribution in [-0.4, -0.2) is 25.3 Å². The van der Waals surface area contributed by atoms with Crippen LogP contribution in [0.25, 0.3) is 0 Å². The SMILES string of the molecule is COc1c(Cl)cc(C)c(CC2CCCNC2)c1O. The Labute approximate surface area is 113 Å². The van der Waals surface area contributed by atoms with Gasteiger partial charge in [-0.1, -0.05) is 11.6 Å². The van der Waals surface area contributed by atoms with E-state index in [0.717, 1.165) is 30.6 Å². The molecular formula is C14H20ClNO2. The van der Waals surface area contributed by atoms with E-state index in [0.29, 0.717) is 16.7 Å². The average molecular weight is 270 g/mol. The standard InChI is InChI=1S/C14H20ClNO2/c1-9-6-12(15)14(18-2)13(17)11(9)7-10-4-3-5-16-8-10/h6,10,16-17H,3-5,7-8H2,1-2H3. The van der Waals surface area contributed by atoms with Crippen LogP contribution in [0.5, 0.6) is 11.5 Å². The van der Waals surface area contributed by atoms with E-state index in [9.17, 15) is 5.11 Å². The minimum absolute atomic E-state index is 0.202. The van der Waals surface area contributed by atoms with Crippen molar-refractivity contribution in [1.82, 2.24) is 5.32 Å². The third-order valence-electron chi connectivity index (χ3n) is 3.63. The summed E-state index contributed by atoms with van der Waals surface area (Å²) in [6.45, 7) is 4.10. The van der Waals surface area contributed by atoms with Crippen molar-refractivity contribution in [2.75, 3.05) is 20.2 Å². The molecule has 0 aromatic heterocycles. The number of aromatic hydroxyl groups is 1. The Kier molecular flexibility index (Phi) is 4.36. The molecule has 0 spiro atoms. The van der Waals surface area contributed by atoms with Crippen LogP contribution in [0.4, 0.5) is 0 Å². The number of hydrogen-bond donors (Lipinski definition) is 2. The third kappa shape index (κ3) is 2.73. The number of benzene rings is 1. The van der Waals surface area contributed by atoms with E-state index in [-0.39, 0.29) is 5.75 Å². The first kappa shape index (κ1) is 13.5. The van der Waals surface area contributed by atoms with Gasteiger partial charge in [-0.25, -0.2) is 0 Å².